The van der Waals surface area contributed by atoms with Crippen molar-refractivity contribution < 1.29 is 19.5 Å². The highest BCUT2D eigenvalue weighted by Gasteiger charge is 2.38. The van der Waals surface area contributed by atoms with Gasteiger partial charge in [-0.15, -0.1) is 0 Å². The number of ether oxygens (including phenoxy) is 1. The summed E-state index contributed by atoms with van der Waals surface area (Å²) >= 11 is 0. The summed E-state index contributed by atoms with van der Waals surface area (Å²) in [5.41, 5.74) is 6.09. The predicted octanol–water partition coefficient (Wildman–Crippen LogP) is 2.40. The number of carbonyl (C=O) groups is 2. The third-order valence-electron chi connectivity index (χ3n) is 6.10. The molecule has 1 fully saturated rings. The van der Waals surface area contributed by atoms with Gasteiger partial charge in [0.15, 0.2) is 0 Å². The number of nitrogens with zero attached hydrogens (tertiary/aromatic N) is 2. The summed E-state index contributed by atoms with van der Waals surface area (Å²) in [5, 5.41) is 9.08. The summed E-state index contributed by atoms with van der Waals surface area (Å²) < 4.78 is 5.40. The first-order valence-electron chi connectivity index (χ1n) is 11.2. The highest BCUT2D eigenvalue weighted by atomic mass is 16.5. The smallest absolute Gasteiger partial charge is 0.266 e. The van der Waals surface area contributed by atoms with Crippen LogP contribution in [0.2, 0.25) is 0 Å². The maximum atomic E-state index is 12.8. The van der Waals surface area contributed by atoms with Crippen LogP contribution in [0.25, 0.3) is 0 Å². The standard InChI is InChI=1S/C26H29N3O4/c1-18(2)24(25(30)27-32)29-17-22-15-20(9-10-23(22)26(29)31)6-3-19-4-7-21(8-5-19)16-28-11-13-33-14-12-28/h4-5,7-10,15,18,24,32H,11-14,16-17H2,1-2H3,(H,27,30). The number of nitrogens with one attached hydrogen (secondary N) is 1. The molecule has 2 heterocycles. The van der Waals surface area contributed by atoms with Crippen LogP contribution in [0.5, 0.6) is 0 Å². The second-order valence-electron chi connectivity index (χ2n) is 8.81. The molecule has 4 rings (SSSR count). The summed E-state index contributed by atoms with van der Waals surface area (Å²) in [4.78, 5) is 28.8. The van der Waals surface area contributed by atoms with E-state index in [4.69, 9.17) is 9.94 Å². The Morgan fingerprint density at radius 1 is 1.09 bits per heavy atom. The van der Waals surface area contributed by atoms with Crippen LogP contribution in [0.3, 0.4) is 0 Å². The van der Waals surface area contributed by atoms with Gasteiger partial charge in [-0.2, -0.15) is 0 Å². The molecule has 0 radical (unpaired) electrons. The molecular weight excluding hydrogens is 418 g/mol. The van der Waals surface area contributed by atoms with Gasteiger partial charge in [0.25, 0.3) is 11.8 Å². The Morgan fingerprint density at radius 3 is 2.42 bits per heavy atom. The fourth-order valence-corrected chi connectivity index (χ4v) is 4.37. The van der Waals surface area contributed by atoms with Crippen LogP contribution in [0.15, 0.2) is 42.5 Å². The molecule has 1 unspecified atom stereocenters. The number of amides is 2. The van der Waals surface area contributed by atoms with Gasteiger partial charge in [-0.05, 0) is 47.4 Å². The van der Waals surface area contributed by atoms with Crippen molar-refractivity contribution in [3.63, 3.8) is 0 Å². The number of hydroxylamine groups is 1. The summed E-state index contributed by atoms with van der Waals surface area (Å²) in [6.45, 7) is 8.43. The van der Waals surface area contributed by atoms with E-state index in [1.165, 1.54) is 10.5 Å². The minimum Gasteiger partial charge on any atom is -0.379 e. The van der Waals surface area contributed by atoms with Crippen molar-refractivity contribution in [2.24, 2.45) is 5.92 Å². The number of hydrogen-bond donors (Lipinski definition) is 2. The zero-order chi connectivity index (χ0) is 23.4. The SMILES string of the molecule is CC(C)C(C(=O)NO)N1Cc2cc(C#Cc3ccc(CN4CCOCC4)cc3)ccc2C1=O. The topological polar surface area (TPSA) is 82.1 Å². The quantitative estimate of drug-likeness (QED) is 0.418. The highest BCUT2D eigenvalue weighted by molar-refractivity contribution is 6.01. The zero-order valence-corrected chi connectivity index (χ0v) is 19.0. The molecule has 2 aliphatic heterocycles. The molecule has 2 aromatic carbocycles. The van der Waals surface area contributed by atoms with Crippen LogP contribution < -0.4 is 5.48 Å². The van der Waals surface area contributed by atoms with E-state index in [-0.39, 0.29) is 11.8 Å². The molecule has 7 heteroatoms. The lowest BCUT2D eigenvalue weighted by Gasteiger charge is -2.28. The van der Waals surface area contributed by atoms with E-state index < -0.39 is 11.9 Å². The molecule has 2 amide bonds. The van der Waals surface area contributed by atoms with Crippen molar-refractivity contribution in [1.29, 1.82) is 0 Å². The van der Waals surface area contributed by atoms with Crippen molar-refractivity contribution in [2.45, 2.75) is 33.0 Å². The Morgan fingerprint density at radius 2 is 1.76 bits per heavy atom. The number of fused-ring (bicyclic) bond motifs is 1. The van der Waals surface area contributed by atoms with E-state index in [9.17, 15) is 9.59 Å². The Kier molecular flexibility index (Phi) is 7.09. The highest BCUT2D eigenvalue weighted by Crippen LogP contribution is 2.28. The zero-order valence-electron chi connectivity index (χ0n) is 19.0. The molecule has 1 atom stereocenters. The molecule has 0 spiro atoms. The molecule has 7 nitrogen and oxygen atoms in total. The summed E-state index contributed by atoms with van der Waals surface area (Å²) in [6, 6.07) is 13.0. The Balaban J connectivity index is 1.45. The molecule has 2 N–H and O–H groups in total. The van der Waals surface area contributed by atoms with Gasteiger partial charge >= 0.3 is 0 Å². The second kappa shape index (κ2) is 10.2. The summed E-state index contributed by atoms with van der Waals surface area (Å²) in [5.74, 6) is 5.45. The van der Waals surface area contributed by atoms with E-state index >= 15 is 0 Å². The van der Waals surface area contributed by atoms with Crippen molar-refractivity contribution in [3.8, 4) is 11.8 Å². The van der Waals surface area contributed by atoms with Crippen LogP contribution in [-0.4, -0.2) is 59.2 Å². The third-order valence-corrected chi connectivity index (χ3v) is 6.10. The summed E-state index contributed by atoms with van der Waals surface area (Å²) in [6.07, 6.45) is 0. The molecule has 2 aliphatic rings. The first kappa shape index (κ1) is 23.0. The normalized spacial score (nSPS) is 16.8. The van der Waals surface area contributed by atoms with Crippen LogP contribution in [-0.2, 0) is 22.6 Å². The van der Waals surface area contributed by atoms with Gasteiger partial charge in [0, 0.05) is 42.9 Å². The van der Waals surface area contributed by atoms with Crippen LogP contribution in [0.1, 0.15) is 46.5 Å². The first-order valence-corrected chi connectivity index (χ1v) is 11.2. The van der Waals surface area contributed by atoms with Crippen molar-refractivity contribution in [1.82, 2.24) is 15.3 Å². The number of hydrogen-bond acceptors (Lipinski definition) is 5. The fourth-order valence-electron chi connectivity index (χ4n) is 4.37. The van der Waals surface area contributed by atoms with E-state index in [0.29, 0.717) is 12.1 Å². The third kappa shape index (κ3) is 5.25. The average molecular weight is 448 g/mol. The molecule has 172 valence electrons. The largest absolute Gasteiger partial charge is 0.379 e. The van der Waals surface area contributed by atoms with E-state index in [1.807, 2.05) is 38.1 Å². The molecule has 0 aliphatic carbocycles. The fraction of sp³-hybridized carbons (Fsp3) is 0.385. The molecule has 2 aromatic rings. The maximum Gasteiger partial charge on any atom is 0.266 e. The van der Waals surface area contributed by atoms with Crippen molar-refractivity contribution >= 4 is 11.8 Å². The average Bonchev–Trinajstić information content (AvgIpc) is 3.14. The molecule has 1 saturated heterocycles. The predicted molar refractivity (Wildman–Crippen MR) is 123 cm³/mol. The van der Waals surface area contributed by atoms with E-state index in [2.05, 4.69) is 28.9 Å². The minimum absolute atomic E-state index is 0.138. The van der Waals surface area contributed by atoms with Crippen LogP contribution >= 0.6 is 0 Å². The van der Waals surface area contributed by atoms with Gasteiger partial charge in [0.1, 0.15) is 6.04 Å². The lowest BCUT2D eigenvalue weighted by molar-refractivity contribution is -0.135. The number of benzene rings is 2. The minimum atomic E-state index is -0.736. The molecular formula is C26H29N3O4. The lowest BCUT2D eigenvalue weighted by Crippen LogP contribution is -2.49. The van der Waals surface area contributed by atoms with Gasteiger partial charge < -0.3 is 9.64 Å². The van der Waals surface area contributed by atoms with Crippen LogP contribution in [0.4, 0.5) is 0 Å². The number of carbonyl (C=O) groups excluding carboxylic acids is 2. The first-order chi connectivity index (χ1) is 16.0. The maximum absolute atomic E-state index is 12.8. The van der Waals surface area contributed by atoms with Gasteiger partial charge in [-0.1, -0.05) is 37.8 Å². The van der Waals surface area contributed by atoms with Crippen molar-refractivity contribution in [2.75, 3.05) is 26.3 Å². The number of morpholine rings is 1. The lowest BCUT2D eigenvalue weighted by atomic mass is 10.0. The molecule has 0 bridgehead atoms. The monoisotopic (exact) mass is 447 g/mol. The van der Waals surface area contributed by atoms with E-state index in [0.717, 1.165) is 49.5 Å². The molecule has 33 heavy (non-hydrogen) atoms. The summed E-state index contributed by atoms with van der Waals surface area (Å²) in [7, 11) is 0. The van der Waals surface area contributed by atoms with Gasteiger partial charge in [0.2, 0.25) is 0 Å². The Bertz CT molecular complexity index is 1080. The molecule has 0 aromatic heterocycles. The van der Waals surface area contributed by atoms with Gasteiger partial charge in [0.05, 0.1) is 13.2 Å². The van der Waals surface area contributed by atoms with Crippen molar-refractivity contribution in [3.05, 3.63) is 70.3 Å². The van der Waals surface area contributed by atoms with Gasteiger partial charge in [-0.25, -0.2) is 5.48 Å². The van der Waals surface area contributed by atoms with Gasteiger partial charge in [-0.3, -0.25) is 19.7 Å². The second-order valence-corrected chi connectivity index (χ2v) is 8.81. The Hall–Kier alpha value is -3.18. The van der Waals surface area contributed by atoms with Crippen LogP contribution in [0, 0.1) is 17.8 Å². The molecule has 0 saturated carbocycles. The van der Waals surface area contributed by atoms with E-state index in [1.54, 1.807) is 11.5 Å². The Labute approximate surface area is 194 Å². The number of rotatable bonds is 5.